The van der Waals surface area contributed by atoms with E-state index in [-0.39, 0.29) is 25.6 Å². The topological polar surface area (TPSA) is 127 Å². The molecule has 0 atom stereocenters. The zero-order valence-corrected chi connectivity index (χ0v) is 34.2. The molecule has 0 bridgehead atoms. The first kappa shape index (κ1) is 41.0. The first-order valence-electron chi connectivity index (χ1n) is 17.2. The molecule has 53 heavy (non-hydrogen) atoms. The van der Waals surface area contributed by atoms with Crippen LogP contribution in [0.3, 0.4) is 0 Å². The summed E-state index contributed by atoms with van der Waals surface area (Å²) in [6, 6.07) is 30.2. The van der Waals surface area contributed by atoms with Gasteiger partial charge < -0.3 is 0 Å². The zero-order valence-electron chi connectivity index (χ0n) is 31.9. The summed E-state index contributed by atoms with van der Waals surface area (Å²) in [6.07, 6.45) is 0. The molecule has 0 amide bonds. The van der Waals surface area contributed by atoms with Gasteiger partial charge in [-0.25, -0.2) is 0 Å². The van der Waals surface area contributed by atoms with Crippen LogP contribution in [0.2, 0.25) is 0 Å². The van der Waals surface area contributed by atoms with Crippen LogP contribution in [0, 0.1) is 0 Å². The fourth-order valence-corrected chi connectivity index (χ4v) is 16.1. The van der Waals surface area contributed by atoms with E-state index in [9.17, 15) is 19.5 Å². The third kappa shape index (κ3) is 12.2. The van der Waals surface area contributed by atoms with Gasteiger partial charge in [-0.2, -0.15) is 0 Å². The molecule has 4 aromatic rings. The SMILES string of the molecule is CC(C)(C)OC(=O)COc1ccc([Te](c2ccc(O)cc2)(c2ccc(OCC(=O)OC(C)(C)C)cc2)c2ccc(OCC(=O)OC(C)(C)C)cc2)cc1. The van der Waals surface area contributed by atoms with Crippen molar-refractivity contribution in [3.63, 3.8) is 0 Å². The van der Waals surface area contributed by atoms with Crippen LogP contribution in [0.5, 0.6) is 23.0 Å². The Kier molecular flexibility index (Phi) is 13.1. The monoisotopic (exact) mass is 844 g/mol. The van der Waals surface area contributed by atoms with Crippen molar-refractivity contribution in [2.75, 3.05) is 19.8 Å². The number of benzene rings is 4. The third-order valence-electron chi connectivity index (χ3n) is 7.05. The summed E-state index contributed by atoms with van der Waals surface area (Å²) in [5, 5.41) is 10.3. The Labute approximate surface area is 316 Å². The molecule has 4 aromatic carbocycles. The van der Waals surface area contributed by atoms with Crippen LogP contribution in [-0.2, 0) is 28.6 Å². The second-order valence-corrected chi connectivity index (χ2v) is 24.0. The first-order chi connectivity index (χ1) is 24.7. The van der Waals surface area contributed by atoms with Gasteiger partial charge in [0.25, 0.3) is 0 Å². The molecule has 10 nitrogen and oxygen atoms in total. The van der Waals surface area contributed by atoms with Crippen molar-refractivity contribution >= 4 is 50.5 Å². The van der Waals surface area contributed by atoms with Crippen molar-refractivity contribution in [1.82, 2.24) is 0 Å². The molecule has 11 heteroatoms. The van der Waals surface area contributed by atoms with Gasteiger partial charge in [0, 0.05) is 0 Å². The molecule has 4 rings (SSSR count). The number of esters is 3. The van der Waals surface area contributed by atoms with Gasteiger partial charge in [-0.05, 0) is 0 Å². The van der Waals surface area contributed by atoms with Crippen LogP contribution >= 0.6 is 0 Å². The van der Waals surface area contributed by atoms with E-state index in [2.05, 4.69) is 0 Å². The average Bonchev–Trinajstić information content (AvgIpc) is 3.06. The Morgan fingerprint density at radius 2 is 0.660 bits per heavy atom. The molecular weight excluding hydrogens is 792 g/mol. The van der Waals surface area contributed by atoms with Gasteiger partial charge in [0.2, 0.25) is 0 Å². The van der Waals surface area contributed by atoms with Crippen molar-refractivity contribution in [3.8, 4) is 23.0 Å². The molecule has 0 aliphatic heterocycles. The molecule has 0 saturated heterocycles. The van der Waals surface area contributed by atoms with E-state index in [1.807, 2.05) is 84.9 Å². The summed E-state index contributed by atoms with van der Waals surface area (Å²) in [5.74, 6) is 0.215. The van der Waals surface area contributed by atoms with E-state index in [0.717, 1.165) is 14.4 Å². The summed E-state index contributed by atoms with van der Waals surface area (Å²) in [5.41, 5.74) is -1.89. The summed E-state index contributed by atoms with van der Waals surface area (Å²) in [4.78, 5) is 37.1. The fraction of sp³-hybridized carbons (Fsp3) is 0.357. The first-order valence-corrected chi connectivity index (χ1v) is 21.9. The third-order valence-corrected chi connectivity index (χ3v) is 18.2. The van der Waals surface area contributed by atoms with E-state index >= 15 is 0 Å². The fourth-order valence-electron chi connectivity index (χ4n) is 5.23. The Balaban J connectivity index is 1.77. The number of carbonyl (C=O) groups excluding carboxylic acids is 3. The van der Waals surface area contributed by atoms with Crippen LogP contribution < -0.4 is 28.7 Å². The average molecular weight is 842 g/mol. The van der Waals surface area contributed by atoms with Crippen molar-refractivity contribution in [2.45, 2.75) is 79.1 Å². The molecule has 0 saturated carbocycles. The van der Waals surface area contributed by atoms with Gasteiger partial charge in [0.05, 0.1) is 0 Å². The van der Waals surface area contributed by atoms with Crippen molar-refractivity contribution in [1.29, 1.82) is 0 Å². The van der Waals surface area contributed by atoms with Crippen molar-refractivity contribution in [3.05, 3.63) is 97.1 Å². The van der Waals surface area contributed by atoms with Gasteiger partial charge in [-0.15, -0.1) is 0 Å². The molecule has 0 aliphatic carbocycles. The van der Waals surface area contributed by atoms with Crippen LogP contribution in [0.25, 0.3) is 0 Å². The van der Waals surface area contributed by atoms with Crippen LogP contribution in [0.15, 0.2) is 97.1 Å². The molecule has 0 fully saturated rings. The van der Waals surface area contributed by atoms with E-state index in [1.54, 1.807) is 74.4 Å². The summed E-state index contributed by atoms with van der Waals surface area (Å²) in [6.45, 7) is 15.5. The van der Waals surface area contributed by atoms with Crippen molar-refractivity contribution < 1.29 is 47.9 Å². The van der Waals surface area contributed by atoms with E-state index in [4.69, 9.17) is 28.4 Å². The van der Waals surface area contributed by atoms with Gasteiger partial charge in [-0.1, -0.05) is 0 Å². The standard InChI is InChI=1S/C42H50O10Te/c1-40(2,3)50-37(44)26-47-30-12-20-34(21-13-30)53(33-18-10-29(43)11-19-33,35-22-14-31(15-23-35)48-27-38(45)51-41(4,5)6)36-24-16-32(17-25-36)49-28-39(46)52-42(7,8)9/h10-25,43H,26-28H2,1-9H3. The molecule has 0 aliphatic rings. The predicted molar refractivity (Wildman–Crippen MR) is 206 cm³/mol. The molecule has 1 N–H and O–H groups in total. The van der Waals surface area contributed by atoms with E-state index in [1.165, 1.54) is 0 Å². The molecular formula is C42H50O10Te. The maximum atomic E-state index is 12.4. The van der Waals surface area contributed by atoms with Crippen LogP contribution in [0.1, 0.15) is 62.3 Å². The number of phenolic OH excluding ortho intramolecular Hbond substituents is 1. The van der Waals surface area contributed by atoms with E-state index in [0.29, 0.717) is 17.2 Å². The Morgan fingerprint density at radius 3 is 0.887 bits per heavy atom. The van der Waals surface area contributed by atoms with Crippen molar-refractivity contribution in [2.24, 2.45) is 0 Å². The molecule has 0 unspecified atom stereocenters. The number of phenols is 1. The number of ether oxygens (including phenoxy) is 6. The number of hydrogen-bond donors (Lipinski definition) is 1. The summed E-state index contributed by atoms with van der Waals surface area (Å²) < 4.78 is 37.7. The molecule has 0 radical (unpaired) electrons. The number of carbonyl (C=O) groups is 3. The van der Waals surface area contributed by atoms with E-state index < -0.39 is 52.9 Å². The van der Waals surface area contributed by atoms with Gasteiger partial charge in [0.1, 0.15) is 0 Å². The quantitative estimate of drug-likeness (QED) is 0.113. The molecule has 284 valence electrons. The summed E-state index contributed by atoms with van der Waals surface area (Å²) in [7, 11) is 0. The second-order valence-electron chi connectivity index (χ2n) is 15.1. The predicted octanol–water partition coefficient (Wildman–Crippen LogP) is 4.93. The van der Waals surface area contributed by atoms with Gasteiger partial charge >= 0.3 is 317 Å². The van der Waals surface area contributed by atoms with Crippen LogP contribution in [-0.4, -0.2) is 77.8 Å². The maximum absolute atomic E-state index is 12.4. The number of aromatic hydroxyl groups is 1. The molecule has 0 spiro atoms. The van der Waals surface area contributed by atoms with Gasteiger partial charge in [0.15, 0.2) is 0 Å². The Bertz CT molecular complexity index is 1650. The minimum atomic E-state index is -3.98. The minimum absolute atomic E-state index is 0.133. The second kappa shape index (κ2) is 17.0. The molecule has 0 heterocycles. The Hall–Kier alpha value is -4.72. The van der Waals surface area contributed by atoms with Gasteiger partial charge in [-0.3, -0.25) is 0 Å². The Morgan fingerprint density at radius 1 is 0.434 bits per heavy atom. The number of hydrogen-bond acceptors (Lipinski definition) is 10. The normalized spacial score (nSPS) is 12.3. The molecule has 0 aromatic heterocycles. The van der Waals surface area contributed by atoms with Crippen LogP contribution in [0.4, 0.5) is 0 Å². The zero-order chi connectivity index (χ0) is 39.0. The summed E-state index contributed by atoms with van der Waals surface area (Å²) >= 11 is -3.98. The number of rotatable bonds is 13.